The van der Waals surface area contributed by atoms with Crippen LogP contribution in [0, 0.1) is 0 Å². The summed E-state index contributed by atoms with van der Waals surface area (Å²) in [5, 5.41) is 13.4. The lowest BCUT2D eigenvalue weighted by molar-refractivity contribution is 0.0864. The van der Waals surface area contributed by atoms with E-state index in [1.165, 1.54) is 4.57 Å². The van der Waals surface area contributed by atoms with Gasteiger partial charge in [-0.25, -0.2) is 4.79 Å². The highest BCUT2D eigenvalue weighted by atomic mass is 16.3. The molecule has 0 bridgehead atoms. The second-order valence-electron chi connectivity index (χ2n) is 9.59. The number of hydrogen-bond donors (Lipinski definition) is 5. The number of nitrogens with one attached hydrogen (secondary N) is 2. The molecule has 1 fully saturated rings. The van der Waals surface area contributed by atoms with Crippen LogP contribution in [0.5, 0.6) is 0 Å². The number of hydrogen-bond acceptors (Lipinski definition) is 7. The number of amides is 1. The number of nitrogens with two attached hydrogens (primary N) is 2. The van der Waals surface area contributed by atoms with Crippen molar-refractivity contribution >= 4 is 16.9 Å². The molecule has 1 aliphatic carbocycles. The number of nitrogens with zero attached hydrogens (tertiary/aromatic N) is 3. The molecule has 7 N–H and O–H groups in total. The summed E-state index contributed by atoms with van der Waals surface area (Å²) in [6.07, 6.45) is 6.19. The number of aliphatic hydroxyl groups is 1. The molecular weight excluding hydrogens is 458 g/mol. The second-order valence-corrected chi connectivity index (χ2v) is 9.59. The number of rotatable bonds is 11. The summed E-state index contributed by atoms with van der Waals surface area (Å²) in [5.41, 5.74) is 13.5. The summed E-state index contributed by atoms with van der Waals surface area (Å²) < 4.78 is 1.49. The summed E-state index contributed by atoms with van der Waals surface area (Å²) in [4.78, 5) is 34.9. The van der Waals surface area contributed by atoms with Gasteiger partial charge < -0.3 is 26.9 Å². The van der Waals surface area contributed by atoms with E-state index in [2.05, 4.69) is 20.2 Å². The lowest BCUT2D eigenvalue weighted by Crippen LogP contribution is -2.38. The van der Waals surface area contributed by atoms with Crippen molar-refractivity contribution in [2.24, 2.45) is 11.5 Å². The van der Waals surface area contributed by atoms with Gasteiger partial charge in [-0.3, -0.25) is 14.3 Å². The SMILES string of the molecule is NCCCN(CCCN)Cc1ccc(-n2cc3cc(C(=O)N[C@H]4CC[C@H](O)CC4)[nH]c3nc2=O)cc1. The highest BCUT2D eigenvalue weighted by Crippen LogP contribution is 2.20. The molecule has 2 aromatic heterocycles. The Morgan fingerprint density at radius 2 is 1.78 bits per heavy atom. The van der Waals surface area contributed by atoms with Crippen LogP contribution >= 0.6 is 0 Å². The molecule has 194 valence electrons. The fraction of sp³-hybridized carbons (Fsp3) is 0.500. The first-order chi connectivity index (χ1) is 17.5. The van der Waals surface area contributed by atoms with Crippen molar-refractivity contribution in [2.75, 3.05) is 26.2 Å². The molecule has 1 amide bonds. The third-order valence-corrected chi connectivity index (χ3v) is 6.76. The minimum atomic E-state index is -0.419. The van der Waals surface area contributed by atoms with E-state index in [-0.39, 0.29) is 18.1 Å². The molecule has 4 rings (SSSR count). The Morgan fingerprint density at radius 3 is 2.42 bits per heavy atom. The van der Waals surface area contributed by atoms with Crippen LogP contribution in [-0.4, -0.2) is 68.8 Å². The lowest BCUT2D eigenvalue weighted by Gasteiger charge is -2.25. The van der Waals surface area contributed by atoms with Crippen LogP contribution in [0.25, 0.3) is 16.7 Å². The number of aromatic nitrogens is 3. The molecule has 0 atom stereocenters. The predicted molar refractivity (Wildman–Crippen MR) is 140 cm³/mol. The van der Waals surface area contributed by atoms with Crippen LogP contribution in [0.1, 0.15) is 54.6 Å². The highest BCUT2D eigenvalue weighted by Gasteiger charge is 2.22. The molecule has 36 heavy (non-hydrogen) atoms. The van der Waals surface area contributed by atoms with Gasteiger partial charge in [0.05, 0.1) is 11.8 Å². The van der Waals surface area contributed by atoms with E-state index in [1.54, 1.807) is 12.3 Å². The van der Waals surface area contributed by atoms with Crippen LogP contribution in [0.4, 0.5) is 0 Å². The van der Waals surface area contributed by atoms with Crippen LogP contribution in [-0.2, 0) is 6.54 Å². The highest BCUT2D eigenvalue weighted by molar-refractivity contribution is 5.97. The van der Waals surface area contributed by atoms with E-state index < -0.39 is 5.69 Å². The van der Waals surface area contributed by atoms with Gasteiger partial charge in [0.25, 0.3) is 5.91 Å². The smallest absolute Gasteiger partial charge is 0.354 e. The third kappa shape index (κ3) is 6.58. The number of carbonyl (C=O) groups is 1. The normalized spacial score (nSPS) is 18.1. The molecule has 0 saturated heterocycles. The van der Waals surface area contributed by atoms with Crippen molar-refractivity contribution in [1.82, 2.24) is 24.8 Å². The Bertz CT molecular complexity index is 1190. The van der Waals surface area contributed by atoms with Crippen molar-refractivity contribution in [2.45, 2.75) is 57.2 Å². The minimum Gasteiger partial charge on any atom is -0.393 e. The van der Waals surface area contributed by atoms with Crippen LogP contribution in [0.2, 0.25) is 0 Å². The molecule has 10 heteroatoms. The Kier molecular flexibility index (Phi) is 8.87. The molecule has 1 saturated carbocycles. The maximum atomic E-state index is 12.7. The van der Waals surface area contributed by atoms with Gasteiger partial charge in [0.2, 0.25) is 0 Å². The molecule has 10 nitrogen and oxygen atoms in total. The Morgan fingerprint density at radius 1 is 1.11 bits per heavy atom. The van der Waals surface area contributed by atoms with Gasteiger partial charge in [-0.2, -0.15) is 4.98 Å². The molecule has 1 aromatic carbocycles. The minimum absolute atomic E-state index is 0.0420. The fourth-order valence-electron chi connectivity index (χ4n) is 4.70. The molecule has 0 spiro atoms. The first-order valence-corrected chi connectivity index (χ1v) is 12.8. The standard InChI is InChI=1S/C26H37N7O3/c27-11-1-13-32(14-2-12-28)16-18-3-7-21(8-4-18)33-17-19-15-23(30-24(19)31-26(33)36)25(35)29-20-5-9-22(34)10-6-20/h3-4,7-8,15,17,20,22,34H,1-2,5-6,9-14,16,27-28H2,(H,29,35)(H,30,31,36)/t20-,22-. The number of carbonyl (C=O) groups excluding carboxylic acids is 1. The van der Waals surface area contributed by atoms with Gasteiger partial charge in [0.15, 0.2) is 0 Å². The number of benzene rings is 1. The molecule has 0 unspecified atom stereocenters. The number of H-pyrrole nitrogens is 1. The molecule has 0 aliphatic heterocycles. The maximum Gasteiger partial charge on any atom is 0.354 e. The van der Waals surface area contributed by atoms with Gasteiger partial charge in [-0.15, -0.1) is 0 Å². The monoisotopic (exact) mass is 495 g/mol. The van der Waals surface area contributed by atoms with E-state index in [9.17, 15) is 14.7 Å². The van der Waals surface area contributed by atoms with Crippen molar-refractivity contribution in [3.8, 4) is 5.69 Å². The zero-order valence-electron chi connectivity index (χ0n) is 20.7. The Balaban J connectivity index is 1.47. The molecule has 0 radical (unpaired) electrons. The first-order valence-electron chi connectivity index (χ1n) is 12.8. The maximum absolute atomic E-state index is 12.7. The molecule has 2 heterocycles. The Labute approximate surface area is 210 Å². The number of fused-ring (bicyclic) bond motifs is 1. The number of aromatic amines is 1. The van der Waals surface area contributed by atoms with Gasteiger partial charge in [-0.1, -0.05) is 12.1 Å². The van der Waals surface area contributed by atoms with E-state index >= 15 is 0 Å². The lowest BCUT2D eigenvalue weighted by atomic mass is 9.93. The fourth-order valence-corrected chi connectivity index (χ4v) is 4.70. The second kappa shape index (κ2) is 12.3. The summed E-state index contributed by atoms with van der Waals surface area (Å²) in [5.74, 6) is -0.230. The molecular formula is C26H37N7O3. The topological polar surface area (TPSA) is 155 Å². The average Bonchev–Trinajstić information content (AvgIpc) is 3.30. The van der Waals surface area contributed by atoms with E-state index in [4.69, 9.17) is 11.5 Å². The van der Waals surface area contributed by atoms with Crippen molar-refractivity contribution in [1.29, 1.82) is 0 Å². The average molecular weight is 496 g/mol. The van der Waals surface area contributed by atoms with E-state index in [0.717, 1.165) is 50.9 Å². The predicted octanol–water partition coefficient (Wildman–Crippen LogP) is 1.25. The van der Waals surface area contributed by atoms with E-state index in [0.29, 0.717) is 48.3 Å². The molecule has 3 aromatic rings. The zero-order chi connectivity index (χ0) is 25.5. The van der Waals surface area contributed by atoms with Crippen molar-refractivity contribution in [3.63, 3.8) is 0 Å². The van der Waals surface area contributed by atoms with Crippen molar-refractivity contribution in [3.05, 3.63) is 58.3 Å². The molecule has 1 aliphatic rings. The van der Waals surface area contributed by atoms with Gasteiger partial charge in [-0.05, 0) is 88.5 Å². The summed E-state index contributed by atoms with van der Waals surface area (Å²) in [6, 6.07) is 9.60. The Hall–Kier alpha value is -3.05. The van der Waals surface area contributed by atoms with Crippen LogP contribution < -0.4 is 22.5 Å². The van der Waals surface area contributed by atoms with Crippen LogP contribution in [0.3, 0.4) is 0 Å². The number of aliphatic hydroxyl groups excluding tert-OH is 1. The zero-order valence-corrected chi connectivity index (χ0v) is 20.7. The first kappa shape index (κ1) is 26.0. The van der Waals surface area contributed by atoms with Crippen molar-refractivity contribution < 1.29 is 9.90 Å². The van der Waals surface area contributed by atoms with Gasteiger partial charge >= 0.3 is 5.69 Å². The van der Waals surface area contributed by atoms with Crippen LogP contribution in [0.15, 0.2) is 41.3 Å². The summed E-state index contributed by atoms with van der Waals surface area (Å²) >= 11 is 0. The quantitative estimate of drug-likeness (QED) is 0.268. The summed E-state index contributed by atoms with van der Waals surface area (Å²) in [6.45, 7) is 3.95. The van der Waals surface area contributed by atoms with Gasteiger partial charge in [0.1, 0.15) is 11.3 Å². The van der Waals surface area contributed by atoms with Gasteiger partial charge in [0, 0.05) is 24.2 Å². The third-order valence-electron chi connectivity index (χ3n) is 6.76. The van der Waals surface area contributed by atoms with E-state index in [1.807, 2.05) is 24.3 Å². The largest absolute Gasteiger partial charge is 0.393 e. The summed E-state index contributed by atoms with van der Waals surface area (Å²) in [7, 11) is 0.